The normalized spacial score (nSPS) is 11.0. The minimum atomic E-state index is -4.48. The average molecular weight is 460 g/mol. The Bertz CT molecular complexity index is 1100. The number of anilines is 2. The van der Waals surface area contributed by atoms with Gasteiger partial charge in [0.25, 0.3) is 5.91 Å². The van der Waals surface area contributed by atoms with Crippen molar-refractivity contribution < 1.29 is 27.5 Å². The number of amides is 2. The van der Waals surface area contributed by atoms with E-state index in [9.17, 15) is 22.8 Å². The zero-order valence-corrected chi connectivity index (χ0v) is 17.7. The van der Waals surface area contributed by atoms with Gasteiger partial charge >= 0.3 is 6.18 Å². The summed E-state index contributed by atoms with van der Waals surface area (Å²) in [5.41, 5.74) is 0.257. The molecule has 0 saturated heterocycles. The Kier molecular flexibility index (Phi) is 7.42. The van der Waals surface area contributed by atoms with Gasteiger partial charge in [-0.05, 0) is 60.7 Å². The lowest BCUT2D eigenvalue weighted by Gasteiger charge is -2.10. The molecule has 0 aliphatic rings. The number of carbonyl (C=O) groups is 2. The van der Waals surface area contributed by atoms with Crippen molar-refractivity contribution in [1.82, 2.24) is 0 Å². The molecule has 0 spiro atoms. The molecule has 0 saturated carbocycles. The number of benzene rings is 3. The van der Waals surface area contributed by atoms with Crippen LogP contribution in [0.3, 0.4) is 0 Å². The van der Waals surface area contributed by atoms with Gasteiger partial charge in [-0.1, -0.05) is 12.1 Å². The van der Waals surface area contributed by atoms with Crippen LogP contribution in [0, 0.1) is 0 Å². The molecular weight excluding hydrogens is 441 g/mol. The van der Waals surface area contributed by atoms with E-state index in [4.69, 9.17) is 4.74 Å². The van der Waals surface area contributed by atoms with Crippen LogP contribution in [-0.2, 0) is 11.0 Å². The number of hydrogen-bond acceptors (Lipinski definition) is 4. The number of carbonyl (C=O) groups excluding carboxylic acids is 2. The van der Waals surface area contributed by atoms with Crippen molar-refractivity contribution in [3.05, 3.63) is 83.9 Å². The Labute approximate surface area is 187 Å². The topological polar surface area (TPSA) is 67.4 Å². The number of halogens is 3. The summed E-state index contributed by atoms with van der Waals surface area (Å²) in [6.45, 7) is 0. The third-order valence-corrected chi connectivity index (χ3v) is 5.28. The summed E-state index contributed by atoms with van der Waals surface area (Å²) in [5, 5.41) is 5.25. The average Bonchev–Trinajstić information content (AvgIpc) is 2.77. The molecule has 3 aromatic carbocycles. The van der Waals surface area contributed by atoms with E-state index in [1.165, 1.54) is 31.0 Å². The van der Waals surface area contributed by atoms with Gasteiger partial charge in [0.2, 0.25) is 5.91 Å². The van der Waals surface area contributed by atoms with E-state index in [-0.39, 0.29) is 17.3 Å². The number of alkyl halides is 3. The molecule has 0 fully saturated rings. The van der Waals surface area contributed by atoms with Crippen LogP contribution in [0.2, 0.25) is 0 Å². The largest absolute Gasteiger partial charge is 0.497 e. The number of methoxy groups -OCH3 is 1. The summed E-state index contributed by atoms with van der Waals surface area (Å²) in [5.74, 6) is -0.103. The molecule has 0 heterocycles. The van der Waals surface area contributed by atoms with Crippen LogP contribution in [0.4, 0.5) is 24.5 Å². The summed E-state index contributed by atoms with van der Waals surface area (Å²) in [6.07, 6.45) is -4.48. The van der Waals surface area contributed by atoms with Gasteiger partial charge in [-0.25, -0.2) is 0 Å². The van der Waals surface area contributed by atoms with Gasteiger partial charge in [0.15, 0.2) is 0 Å². The molecule has 2 N–H and O–H groups in total. The zero-order chi connectivity index (χ0) is 23.1. The van der Waals surface area contributed by atoms with Crippen LogP contribution in [0.1, 0.15) is 15.9 Å². The first-order valence-corrected chi connectivity index (χ1v) is 10.4. The molecule has 0 aliphatic heterocycles. The Morgan fingerprint density at radius 2 is 1.56 bits per heavy atom. The summed E-state index contributed by atoms with van der Waals surface area (Å²) in [6, 6.07) is 18.0. The number of thioether (sulfide) groups is 1. The molecule has 0 aromatic heterocycles. The fourth-order valence-electron chi connectivity index (χ4n) is 2.73. The van der Waals surface area contributed by atoms with Gasteiger partial charge in [0.05, 0.1) is 18.4 Å². The van der Waals surface area contributed by atoms with Gasteiger partial charge in [-0.2, -0.15) is 13.2 Å². The Hall–Kier alpha value is -3.46. The van der Waals surface area contributed by atoms with Crippen LogP contribution in [0.25, 0.3) is 0 Å². The second kappa shape index (κ2) is 10.2. The fraction of sp³-hybridized carbons (Fsp3) is 0.130. The fourth-order valence-corrected chi connectivity index (χ4v) is 3.48. The van der Waals surface area contributed by atoms with E-state index in [1.54, 1.807) is 48.5 Å². The van der Waals surface area contributed by atoms with Crippen LogP contribution in [0.5, 0.6) is 5.75 Å². The highest BCUT2D eigenvalue weighted by Crippen LogP contribution is 2.31. The smallest absolute Gasteiger partial charge is 0.416 e. The predicted molar refractivity (Wildman–Crippen MR) is 118 cm³/mol. The molecule has 0 atom stereocenters. The number of hydrogen-bond donors (Lipinski definition) is 2. The molecule has 0 bridgehead atoms. The van der Waals surface area contributed by atoms with E-state index >= 15 is 0 Å². The molecule has 5 nitrogen and oxygen atoms in total. The van der Waals surface area contributed by atoms with E-state index in [0.717, 1.165) is 17.0 Å². The minimum absolute atomic E-state index is 0.00781. The predicted octanol–water partition coefficient (Wildman–Crippen LogP) is 5.70. The van der Waals surface area contributed by atoms with Crippen LogP contribution < -0.4 is 15.4 Å². The van der Waals surface area contributed by atoms with E-state index in [0.29, 0.717) is 17.0 Å². The molecule has 0 aliphatic carbocycles. The number of nitrogens with one attached hydrogen (secondary N) is 2. The monoisotopic (exact) mass is 460 g/mol. The highest BCUT2D eigenvalue weighted by atomic mass is 32.2. The first-order valence-electron chi connectivity index (χ1n) is 9.40. The Balaban J connectivity index is 1.56. The van der Waals surface area contributed by atoms with Gasteiger partial charge in [0.1, 0.15) is 5.75 Å². The van der Waals surface area contributed by atoms with E-state index < -0.39 is 17.6 Å². The molecule has 9 heteroatoms. The maximum Gasteiger partial charge on any atom is 0.416 e. The highest BCUT2D eigenvalue weighted by Gasteiger charge is 2.30. The third-order valence-electron chi connectivity index (χ3n) is 4.29. The summed E-state index contributed by atoms with van der Waals surface area (Å²) in [7, 11) is 1.54. The highest BCUT2D eigenvalue weighted by molar-refractivity contribution is 8.00. The SMILES string of the molecule is COc1ccc(C(=O)Nc2cccc(SCC(=O)Nc3cccc(C(F)(F)F)c3)c2)cc1. The van der Waals surface area contributed by atoms with E-state index in [2.05, 4.69) is 10.6 Å². The third kappa shape index (κ3) is 6.52. The number of rotatable bonds is 7. The molecule has 166 valence electrons. The molecule has 32 heavy (non-hydrogen) atoms. The summed E-state index contributed by atoms with van der Waals surface area (Å²) >= 11 is 1.20. The second-order valence-electron chi connectivity index (χ2n) is 6.63. The van der Waals surface area contributed by atoms with Gasteiger partial charge in [-0.3, -0.25) is 9.59 Å². The molecule has 3 aromatic rings. The summed E-state index contributed by atoms with van der Waals surface area (Å²) in [4.78, 5) is 25.3. The van der Waals surface area contributed by atoms with Crippen LogP contribution >= 0.6 is 11.8 Å². The lowest BCUT2D eigenvalue weighted by atomic mass is 10.2. The first kappa shape index (κ1) is 23.2. The van der Waals surface area contributed by atoms with Crippen molar-refractivity contribution in [2.45, 2.75) is 11.1 Å². The van der Waals surface area contributed by atoms with E-state index in [1.807, 2.05) is 0 Å². The molecule has 3 rings (SSSR count). The standard InChI is InChI=1S/C23H19F3N2O3S/c1-31-19-10-8-15(9-11-19)22(30)28-18-6-3-7-20(13-18)32-14-21(29)27-17-5-2-4-16(12-17)23(24,25)26/h2-13H,14H2,1H3,(H,27,29)(H,28,30). The van der Waals surface area contributed by atoms with Crippen molar-refractivity contribution in [2.75, 3.05) is 23.5 Å². The van der Waals surface area contributed by atoms with Gasteiger partial charge in [-0.15, -0.1) is 11.8 Å². The van der Waals surface area contributed by atoms with Crippen LogP contribution in [0.15, 0.2) is 77.7 Å². The Morgan fingerprint density at radius 1 is 0.906 bits per heavy atom. The first-order chi connectivity index (χ1) is 15.2. The Morgan fingerprint density at radius 3 is 2.22 bits per heavy atom. The minimum Gasteiger partial charge on any atom is -0.497 e. The lowest BCUT2D eigenvalue weighted by Crippen LogP contribution is -2.15. The zero-order valence-electron chi connectivity index (χ0n) is 16.9. The van der Waals surface area contributed by atoms with Gasteiger partial charge in [0, 0.05) is 21.8 Å². The van der Waals surface area contributed by atoms with Crippen LogP contribution in [-0.4, -0.2) is 24.7 Å². The molecule has 2 amide bonds. The van der Waals surface area contributed by atoms with Crippen molar-refractivity contribution in [1.29, 1.82) is 0 Å². The summed E-state index contributed by atoms with van der Waals surface area (Å²) < 4.78 is 43.4. The quantitative estimate of drug-likeness (QED) is 0.444. The van der Waals surface area contributed by atoms with Crippen molar-refractivity contribution in [3.63, 3.8) is 0 Å². The lowest BCUT2D eigenvalue weighted by molar-refractivity contribution is -0.137. The van der Waals surface area contributed by atoms with Crippen molar-refractivity contribution in [3.8, 4) is 5.75 Å². The molecule has 0 radical (unpaired) electrons. The maximum absolute atomic E-state index is 12.8. The maximum atomic E-state index is 12.8. The molecular formula is C23H19F3N2O3S. The number of ether oxygens (including phenoxy) is 1. The van der Waals surface area contributed by atoms with Crippen molar-refractivity contribution >= 4 is 35.0 Å². The van der Waals surface area contributed by atoms with Gasteiger partial charge < -0.3 is 15.4 Å². The second-order valence-corrected chi connectivity index (χ2v) is 7.67. The van der Waals surface area contributed by atoms with Crippen molar-refractivity contribution in [2.24, 2.45) is 0 Å². The molecule has 0 unspecified atom stereocenters.